The highest BCUT2D eigenvalue weighted by Gasteiger charge is 2.36. The maximum absolute atomic E-state index is 13.0. The van der Waals surface area contributed by atoms with E-state index >= 15 is 0 Å². The first-order valence-electron chi connectivity index (χ1n) is 6.90. The van der Waals surface area contributed by atoms with Gasteiger partial charge in [-0.25, -0.2) is 4.39 Å². The van der Waals surface area contributed by atoms with Crippen LogP contribution in [0, 0.1) is 17.7 Å². The number of hydrogen-bond donors (Lipinski definition) is 0. The van der Waals surface area contributed by atoms with Crippen LogP contribution in [0.25, 0.3) is 0 Å². The van der Waals surface area contributed by atoms with Gasteiger partial charge >= 0.3 is 0 Å². The molecule has 1 aliphatic carbocycles. The van der Waals surface area contributed by atoms with E-state index in [4.69, 9.17) is 0 Å². The second kappa shape index (κ2) is 5.70. The molecule has 0 aromatic heterocycles. The Balaban J connectivity index is 2.42. The van der Waals surface area contributed by atoms with Gasteiger partial charge in [0.25, 0.3) is 0 Å². The third kappa shape index (κ3) is 2.87. The van der Waals surface area contributed by atoms with Gasteiger partial charge in [-0.15, -0.1) is 0 Å². The van der Waals surface area contributed by atoms with Gasteiger partial charge in [0.15, 0.2) is 5.78 Å². The average molecular weight is 274 g/mol. The summed E-state index contributed by atoms with van der Waals surface area (Å²) in [6.45, 7) is 5.52. The van der Waals surface area contributed by atoms with E-state index in [0.717, 1.165) is 11.1 Å². The van der Waals surface area contributed by atoms with Crippen LogP contribution in [-0.2, 0) is 9.59 Å². The Kier molecular flexibility index (Phi) is 4.17. The molecular formula is C17H19FO2. The third-order valence-electron chi connectivity index (χ3n) is 3.97. The van der Waals surface area contributed by atoms with Crippen LogP contribution in [0.15, 0.2) is 35.9 Å². The van der Waals surface area contributed by atoms with Crippen molar-refractivity contribution in [3.05, 3.63) is 47.3 Å². The fourth-order valence-corrected chi connectivity index (χ4v) is 2.81. The van der Waals surface area contributed by atoms with Crippen molar-refractivity contribution in [1.29, 1.82) is 0 Å². The molecule has 0 radical (unpaired) electrons. The molecule has 0 fully saturated rings. The molecule has 0 heterocycles. The first-order chi connectivity index (χ1) is 9.40. The van der Waals surface area contributed by atoms with E-state index in [2.05, 4.69) is 0 Å². The van der Waals surface area contributed by atoms with Crippen LogP contribution < -0.4 is 0 Å². The van der Waals surface area contributed by atoms with Gasteiger partial charge in [0.05, 0.1) is 5.92 Å². The molecule has 3 heteroatoms. The molecule has 2 nitrogen and oxygen atoms in total. The largest absolute Gasteiger partial charge is 0.299 e. The van der Waals surface area contributed by atoms with E-state index in [0.29, 0.717) is 6.42 Å². The maximum atomic E-state index is 13.0. The third-order valence-corrected chi connectivity index (χ3v) is 3.97. The Morgan fingerprint density at radius 2 is 1.85 bits per heavy atom. The lowest BCUT2D eigenvalue weighted by molar-refractivity contribution is -0.130. The van der Waals surface area contributed by atoms with Crippen molar-refractivity contribution < 1.29 is 14.0 Å². The maximum Gasteiger partial charge on any atom is 0.166 e. The van der Waals surface area contributed by atoms with Gasteiger partial charge in [0.2, 0.25) is 0 Å². The fourth-order valence-electron chi connectivity index (χ4n) is 2.81. The molecule has 0 spiro atoms. The highest BCUT2D eigenvalue weighted by Crippen LogP contribution is 2.38. The molecule has 0 N–H and O–H groups in total. The van der Waals surface area contributed by atoms with Crippen molar-refractivity contribution in [2.24, 2.45) is 11.8 Å². The van der Waals surface area contributed by atoms with Crippen molar-refractivity contribution in [3.8, 4) is 0 Å². The Labute approximate surface area is 118 Å². The Hall–Kier alpha value is -1.77. The van der Waals surface area contributed by atoms with Crippen LogP contribution in [-0.4, -0.2) is 11.6 Å². The monoisotopic (exact) mass is 274 g/mol. The summed E-state index contributed by atoms with van der Waals surface area (Å²) >= 11 is 0. The second-order valence-electron chi connectivity index (χ2n) is 5.73. The summed E-state index contributed by atoms with van der Waals surface area (Å²) in [5.41, 5.74) is 1.91. The molecule has 0 amide bonds. The van der Waals surface area contributed by atoms with Crippen LogP contribution in [0.2, 0.25) is 0 Å². The zero-order valence-electron chi connectivity index (χ0n) is 12.0. The fraction of sp³-hybridized carbons (Fsp3) is 0.412. The van der Waals surface area contributed by atoms with Gasteiger partial charge < -0.3 is 0 Å². The van der Waals surface area contributed by atoms with Crippen molar-refractivity contribution >= 4 is 11.6 Å². The second-order valence-corrected chi connectivity index (χ2v) is 5.73. The van der Waals surface area contributed by atoms with Gasteiger partial charge in [0, 0.05) is 5.92 Å². The molecule has 2 rings (SSSR count). The zero-order chi connectivity index (χ0) is 14.9. The molecule has 20 heavy (non-hydrogen) atoms. The van der Waals surface area contributed by atoms with Gasteiger partial charge in [-0.1, -0.05) is 31.6 Å². The predicted octanol–water partition coefficient (Wildman–Crippen LogP) is 3.67. The lowest BCUT2D eigenvalue weighted by Gasteiger charge is -2.30. The molecule has 0 saturated heterocycles. The van der Waals surface area contributed by atoms with Crippen LogP contribution in [0.1, 0.15) is 38.7 Å². The SMILES string of the molecule is CC(=O)C1C(=O)C=C(C(C)C)CC1c1ccc(F)cc1. The normalized spacial score (nSPS) is 22.9. The van der Waals surface area contributed by atoms with Crippen LogP contribution >= 0.6 is 0 Å². The van der Waals surface area contributed by atoms with E-state index < -0.39 is 5.92 Å². The minimum absolute atomic E-state index is 0.122. The van der Waals surface area contributed by atoms with Gasteiger partial charge in [-0.2, -0.15) is 0 Å². The van der Waals surface area contributed by atoms with E-state index in [9.17, 15) is 14.0 Å². The number of carbonyl (C=O) groups is 2. The van der Waals surface area contributed by atoms with Crippen molar-refractivity contribution in [2.45, 2.75) is 33.1 Å². The molecule has 0 aliphatic heterocycles. The van der Waals surface area contributed by atoms with Crippen molar-refractivity contribution in [1.82, 2.24) is 0 Å². The summed E-state index contributed by atoms with van der Waals surface area (Å²) < 4.78 is 13.0. The molecule has 1 aliphatic rings. The number of hydrogen-bond acceptors (Lipinski definition) is 2. The minimum Gasteiger partial charge on any atom is -0.299 e. The lowest BCUT2D eigenvalue weighted by atomic mass is 9.71. The van der Waals surface area contributed by atoms with E-state index in [-0.39, 0.29) is 29.2 Å². The first-order valence-corrected chi connectivity index (χ1v) is 6.90. The number of halogens is 1. The number of benzene rings is 1. The summed E-state index contributed by atoms with van der Waals surface area (Å²) in [5, 5.41) is 0. The van der Waals surface area contributed by atoms with Crippen LogP contribution in [0.4, 0.5) is 4.39 Å². The first kappa shape index (κ1) is 14.6. The predicted molar refractivity (Wildman–Crippen MR) is 75.9 cm³/mol. The molecule has 2 atom stereocenters. The van der Waals surface area contributed by atoms with Crippen LogP contribution in [0.5, 0.6) is 0 Å². The molecule has 106 valence electrons. The molecule has 1 aromatic rings. The minimum atomic E-state index is -0.636. The smallest absolute Gasteiger partial charge is 0.166 e. The number of Topliss-reactive ketones (excluding diaryl/α,β-unsaturated/α-hetero) is 1. The van der Waals surface area contributed by atoms with Crippen molar-refractivity contribution in [2.75, 3.05) is 0 Å². The van der Waals surface area contributed by atoms with Gasteiger partial charge in [-0.05, 0) is 43.0 Å². The Morgan fingerprint density at radius 3 is 2.35 bits per heavy atom. The Morgan fingerprint density at radius 1 is 1.25 bits per heavy atom. The molecule has 0 saturated carbocycles. The summed E-state index contributed by atoms with van der Waals surface area (Å²) in [6.07, 6.45) is 2.30. The topological polar surface area (TPSA) is 34.1 Å². The molecular weight excluding hydrogens is 255 g/mol. The number of ketones is 2. The van der Waals surface area contributed by atoms with Gasteiger partial charge in [-0.3, -0.25) is 9.59 Å². The van der Waals surface area contributed by atoms with E-state index in [1.807, 2.05) is 13.8 Å². The summed E-state index contributed by atoms with van der Waals surface area (Å²) in [4.78, 5) is 24.0. The summed E-state index contributed by atoms with van der Waals surface area (Å²) in [6, 6.07) is 6.10. The quantitative estimate of drug-likeness (QED) is 0.788. The van der Waals surface area contributed by atoms with E-state index in [1.54, 1.807) is 18.2 Å². The highest BCUT2D eigenvalue weighted by atomic mass is 19.1. The summed E-state index contributed by atoms with van der Waals surface area (Å²) in [7, 11) is 0. The van der Waals surface area contributed by atoms with E-state index in [1.165, 1.54) is 19.1 Å². The Bertz CT molecular complexity index is 555. The van der Waals surface area contributed by atoms with Crippen LogP contribution in [0.3, 0.4) is 0 Å². The van der Waals surface area contributed by atoms with Gasteiger partial charge in [0.1, 0.15) is 11.6 Å². The number of carbonyl (C=O) groups excluding carboxylic acids is 2. The summed E-state index contributed by atoms with van der Waals surface area (Å²) in [5.74, 6) is -1.10. The molecule has 2 unspecified atom stereocenters. The molecule has 1 aromatic carbocycles. The number of allylic oxidation sites excluding steroid dienone is 2. The average Bonchev–Trinajstić information content (AvgIpc) is 2.38. The molecule has 0 bridgehead atoms. The standard InChI is InChI=1S/C17H19FO2/c1-10(2)13-8-15(12-4-6-14(18)7-5-12)17(11(3)19)16(20)9-13/h4-7,9-10,15,17H,8H2,1-3H3. The number of rotatable bonds is 3. The lowest BCUT2D eigenvalue weighted by Crippen LogP contribution is -2.32. The highest BCUT2D eigenvalue weighted by molar-refractivity contribution is 6.08. The zero-order valence-corrected chi connectivity index (χ0v) is 12.0. The van der Waals surface area contributed by atoms with Crippen molar-refractivity contribution in [3.63, 3.8) is 0 Å².